The van der Waals surface area contributed by atoms with Crippen molar-refractivity contribution in [3.8, 4) is 5.75 Å². The number of aliphatic hydroxyl groups is 1. The highest BCUT2D eigenvalue weighted by Gasteiger charge is 2.17. The van der Waals surface area contributed by atoms with Gasteiger partial charge < -0.3 is 19.4 Å². The summed E-state index contributed by atoms with van der Waals surface area (Å²) in [7, 11) is 1.82. The predicted molar refractivity (Wildman–Crippen MR) is 123 cm³/mol. The highest BCUT2D eigenvalue weighted by molar-refractivity contribution is 5.73. The van der Waals surface area contributed by atoms with Crippen molar-refractivity contribution in [2.24, 2.45) is 0 Å². The highest BCUT2D eigenvalue weighted by atomic mass is 19.1. The summed E-state index contributed by atoms with van der Waals surface area (Å²) in [6.45, 7) is 1.05. The van der Waals surface area contributed by atoms with Crippen LogP contribution in [0.15, 0.2) is 65.4 Å². The van der Waals surface area contributed by atoms with Gasteiger partial charge in [0.25, 0.3) is 0 Å². The highest BCUT2D eigenvalue weighted by Crippen LogP contribution is 2.24. The van der Waals surface area contributed by atoms with Crippen LogP contribution in [0.1, 0.15) is 53.6 Å². The maximum atomic E-state index is 12.0. The van der Waals surface area contributed by atoms with E-state index in [2.05, 4.69) is 4.98 Å². The maximum absolute atomic E-state index is 12.0. The van der Waals surface area contributed by atoms with Gasteiger partial charge in [-0.1, -0.05) is 18.2 Å². The molecule has 0 radical (unpaired) electrons. The number of aldehydes is 1. The number of para-hydroxylation sites is 1. The first kappa shape index (κ1) is 26.7. The van der Waals surface area contributed by atoms with Crippen molar-refractivity contribution in [3.63, 3.8) is 0 Å². The molecule has 0 saturated heterocycles. The minimum absolute atomic E-state index is 0.200. The number of pyridine rings is 1. The number of aliphatic hydroxyl groups excluding tert-OH is 1. The Morgan fingerprint density at radius 3 is 2.62 bits per heavy atom. The van der Waals surface area contributed by atoms with Crippen LogP contribution in [0.2, 0.25) is 0 Å². The zero-order valence-electron chi connectivity index (χ0n) is 19.0. The summed E-state index contributed by atoms with van der Waals surface area (Å²) in [4.78, 5) is 25.5. The van der Waals surface area contributed by atoms with E-state index in [1.165, 1.54) is 18.5 Å². The van der Waals surface area contributed by atoms with E-state index in [4.69, 9.17) is 14.3 Å². The third kappa shape index (κ3) is 9.51. The largest absolute Gasteiger partial charge is 0.493 e. The topological polar surface area (TPSA) is 113 Å². The van der Waals surface area contributed by atoms with Gasteiger partial charge in [-0.15, -0.1) is 0 Å². The summed E-state index contributed by atoms with van der Waals surface area (Å²) in [5, 5.41) is 18.9. The summed E-state index contributed by atoms with van der Waals surface area (Å²) in [6.07, 6.45) is 5.02. The number of hydrogen-bond donors (Lipinski definition) is 2. The van der Waals surface area contributed by atoms with Crippen LogP contribution < -0.4 is 4.74 Å². The number of carboxylic acids is 1. The second kappa shape index (κ2) is 14.6. The number of aromatic nitrogens is 1. The van der Waals surface area contributed by atoms with Gasteiger partial charge in [0.05, 0.1) is 12.9 Å². The molecule has 2 N–H and O–H groups in total. The molecule has 2 heterocycles. The summed E-state index contributed by atoms with van der Waals surface area (Å²) in [5.74, 6) is -0.0522. The second-order valence-electron chi connectivity index (χ2n) is 7.50. The molecule has 0 spiro atoms. The third-order valence-electron chi connectivity index (χ3n) is 4.79. The van der Waals surface area contributed by atoms with Gasteiger partial charge in [0, 0.05) is 30.3 Å². The third-order valence-corrected chi connectivity index (χ3v) is 4.79. The summed E-state index contributed by atoms with van der Waals surface area (Å²) < 4.78 is 23.1. The number of unbranched alkanes of at least 4 members (excludes halogenated alkanes) is 2. The lowest BCUT2D eigenvalue weighted by molar-refractivity contribution is -0.137. The van der Waals surface area contributed by atoms with E-state index in [9.17, 15) is 19.1 Å². The number of furan rings is 1. The number of aliphatic carboxylic acids is 1. The van der Waals surface area contributed by atoms with E-state index in [1.54, 1.807) is 17.0 Å². The molecule has 1 aromatic carbocycles. The molecule has 0 fully saturated rings. The summed E-state index contributed by atoms with van der Waals surface area (Å²) in [6, 6.07) is 13.7. The number of ether oxygens (including phenoxy) is 1. The molecule has 0 saturated carbocycles. The van der Waals surface area contributed by atoms with Gasteiger partial charge in [0.1, 0.15) is 11.5 Å². The van der Waals surface area contributed by atoms with Crippen LogP contribution in [0.3, 0.4) is 0 Å². The van der Waals surface area contributed by atoms with E-state index in [0.717, 1.165) is 30.2 Å². The normalized spacial score (nSPS) is 11.4. The first-order chi connectivity index (χ1) is 16.4. The van der Waals surface area contributed by atoms with Crippen molar-refractivity contribution in [1.29, 1.82) is 0 Å². The Balaban J connectivity index is 0.000000379. The van der Waals surface area contributed by atoms with Crippen LogP contribution in [-0.2, 0) is 11.3 Å². The van der Waals surface area contributed by atoms with E-state index < -0.39 is 18.1 Å². The molecule has 0 aliphatic rings. The average Bonchev–Trinajstić information content (AvgIpc) is 3.37. The first-order valence-corrected chi connectivity index (χ1v) is 10.8. The van der Waals surface area contributed by atoms with Crippen molar-refractivity contribution >= 4 is 12.3 Å². The van der Waals surface area contributed by atoms with E-state index >= 15 is 0 Å². The molecule has 8 nitrogen and oxygen atoms in total. The fraction of sp³-hybridized carbons (Fsp3) is 0.320. The van der Waals surface area contributed by atoms with Crippen molar-refractivity contribution < 1.29 is 33.3 Å². The molecule has 0 amide bonds. The van der Waals surface area contributed by atoms with E-state index in [1.807, 2.05) is 31.3 Å². The number of carbonyl (C=O) groups excluding carboxylic acids is 1. The Labute approximate surface area is 197 Å². The quantitative estimate of drug-likeness (QED) is 0.172. The van der Waals surface area contributed by atoms with Gasteiger partial charge in [-0.3, -0.25) is 14.5 Å². The smallest absolute Gasteiger partial charge is 0.303 e. The van der Waals surface area contributed by atoms with Crippen molar-refractivity contribution in [2.75, 3.05) is 13.7 Å². The SMILES string of the molecule is CN(Cc1ccccc1OCCCCCC(=O)O)C(O)c1ccco1.O=Cc1ccc(F)nc1. The number of carboxylic acid groups (broad SMARTS) is 1. The van der Waals surface area contributed by atoms with Gasteiger partial charge in [0.15, 0.2) is 12.5 Å². The lowest BCUT2D eigenvalue weighted by atomic mass is 10.1. The van der Waals surface area contributed by atoms with E-state index in [0.29, 0.717) is 37.2 Å². The number of nitrogens with zero attached hydrogens (tertiary/aromatic N) is 2. The van der Waals surface area contributed by atoms with Crippen LogP contribution in [0.5, 0.6) is 5.75 Å². The van der Waals surface area contributed by atoms with Crippen LogP contribution in [0.25, 0.3) is 0 Å². The zero-order valence-corrected chi connectivity index (χ0v) is 19.0. The number of rotatable bonds is 12. The monoisotopic (exact) mass is 472 g/mol. The standard InChI is InChI=1S/C19H25NO5.C6H4FNO/c1-20(19(23)17-10-7-13-25-17)14-15-8-4-5-9-16(15)24-12-6-2-3-11-18(21)22;7-6-2-1-5(4-9)3-8-6/h4-5,7-10,13,19,23H,2-3,6,11-12,14H2,1H3,(H,21,22);1-4H. The molecular formula is C25H29FN2O6. The molecule has 0 aliphatic carbocycles. The minimum Gasteiger partial charge on any atom is -0.493 e. The van der Waals surface area contributed by atoms with Crippen LogP contribution >= 0.6 is 0 Å². The van der Waals surface area contributed by atoms with Crippen molar-refractivity contribution in [3.05, 3.63) is 83.8 Å². The van der Waals surface area contributed by atoms with Crippen molar-refractivity contribution in [1.82, 2.24) is 9.88 Å². The number of hydrogen-bond acceptors (Lipinski definition) is 7. The fourth-order valence-corrected chi connectivity index (χ4v) is 2.98. The fourth-order valence-electron chi connectivity index (χ4n) is 2.98. The Morgan fingerprint density at radius 2 is 1.97 bits per heavy atom. The Hall–Kier alpha value is -3.56. The molecule has 1 unspecified atom stereocenters. The molecule has 182 valence electrons. The minimum atomic E-state index is -0.820. The molecule has 34 heavy (non-hydrogen) atoms. The zero-order chi connectivity index (χ0) is 24.8. The second-order valence-corrected chi connectivity index (χ2v) is 7.50. The Morgan fingerprint density at radius 1 is 1.18 bits per heavy atom. The Bertz CT molecular complexity index is 995. The Kier molecular flexibility index (Phi) is 11.4. The van der Waals surface area contributed by atoms with Crippen molar-refractivity contribution in [2.45, 2.75) is 38.5 Å². The number of halogens is 1. The van der Waals surface area contributed by atoms with Gasteiger partial charge in [0.2, 0.25) is 5.95 Å². The van der Waals surface area contributed by atoms with Crippen LogP contribution in [-0.4, -0.2) is 46.0 Å². The molecule has 0 bridgehead atoms. The number of carbonyl (C=O) groups is 2. The average molecular weight is 473 g/mol. The maximum Gasteiger partial charge on any atom is 0.303 e. The summed E-state index contributed by atoms with van der Waals surface area (Å²) >= 11 is 0. The first-order valence-electron chi connectivity index (χ1n) is 10.8. The number of benzene rings is 1. The van der Waals surface area contributed by atoms with Crippen LogP contribution in [0.4, 0.5) is 4.39 Å². The molecule has 3 rings (SSSR count). The predicted octanol–water partition coefficient (Wildman–Crippen LogP) is 4.46. The van der Waals surface area contributed by atoms with E-state index in [-0.39, 0.29) is 6.42 Å². The lowest BCUT2D eigenvalue weighted by Gasteiger charge is -2.23. The summed E-state index contributed by atoms with van der Waals surface area (Å²) in [5.41, 5.74) is 1.36. The molecule has 3 aromatic rings. The van der Waals surface area contributed by atoms with Crippen LogP contribution in [0, 0.1) is 5.95 Å². The lowest BCUT2D eigenvalue weighted by Crippen LogP contribution is -2.23. The molecular weight excluding hydrogens is 443 g/mol. The van der Waals surface area contributed by atoms with Gasteiger partial charge in [-0.05, 0) is 56.6 Å². The van der Waals surface area contributed by atoms with Gasteiger partial charge in [-0.2, -0.15) is 4.39 Å². The molecule has 2 aromatic heterocycles. The molecule has 9 heteroatoms. The molecule has 0 aliphatic heterocycles. The van der Waals surface area contributed by atoms with Gasteiger partial charge >= 0.3 is 5.97 Å². The van der Waals surface area contributed by atoms with Gasteiger partial charge in [-0.25, -0.2) is 4.98 Å². The molecule has 1 atom stereocenters.